The van der Waals surface area contributed by atoms with E-state index in [1.165, 1.54) is 4.88 Å². The molecule has 3 nitrogen and oxygen atoms in total. The minimum absolute atomic E-state index is 0.291. The molecule has 0 saturated heterocycles. The molecule has 0 radical (unpaired) electrons. The van der Waals surface area contributed by atoms with Gasteiger partial charge in [-0.25, -0.2) is 4.98 Å². The normalized spacial score (nSPS) is 12.1. The molecule has 1 atom stereocenters. The van der Waals surface area contributed by atoms with E-state index in [0.717, 1.165) is 31.0 Å². The molecule has 1 N–H and O–H groups in total. The van der Waals surface area contributed by atoms with Gasteiger partial charge in [0.25, 0.3) is 0 Å². The molecule has 0 saturated carbocycles. The minimum atomic E-state index is 0.291. The highest BCUT2D eigenvalue weighted by Gasteiger charge is 2.13. The topological polar surface area (TPSA) is 34.1 Å². The van der Waals surface area contributed by atoms with Crippen LogP contribution in [0.15, 0.2) is 35.8 Å². The number of rotatable bonds is 7. The highest BCUT2D eigenvalue weighted by molar-refractivity contribution is 7.10. The summed E-state index contributed by atoms with van der Waals surface area (Å²) < 4.78 is 5.73. The van der Waals surface area contributed by atoms with Crippen LogP contribution in [0.3, 0.4) is 0 Å². The first-order valence-electron chi connectivity index (χ1n) is 6.72. The van der Waals surface area contributed by atoms with Gasteiger partial charge in [0.05, 0.1) is 12.6 Å². The summed E-state index contributed by atoms with van der Waals surface area (Å²) >= 11 is 1.77. The van der Waals surface area contributed by atoms with Gasteiger partial charge in [-0.15, -0.1) is 11.3 Å². The first-order chi connectivity index (χ1) is 9.35. The van der Waals surface area contributed by atoms with Crippen molar-refractivity contribution in [2.24, 2.45) is 0 Å². The van der Waals surface area contributed by atoms with Gasteiger partial charge in [0, 0.05) is 11.1 Å². The van der Waals surface area contributed by atoms with Crippen molar-refractivity contribution < 1.29 is 4.74 Å². The number of thiophene rings is 1. The smallest absolute Gasteiger partial charge is 0.169 e. The summed E-state index contributed by atoms with van der Waals surface area (Å²) in [5.74, 6) is 1.66. The third kappa shape index (κ3) is 3.70. The van der Waals surface area contributed by atoms with Gasteiger partial charge in [-0.3, -0.25) is 0 Å². The third-order valence-electron chi connectivity index (χ3n) is 2.84. The zero-order valence-electron chi connectivity index (χ0n) is 11.4. The quantitative estimate of drug-likeness (QED) is 0.808. The maximum atomic E-state index is 5.73. The lowest BCUT2D eigenvalue weighted by molar-refractivity contribution is 0.317. The molecule has 0 bridgehead atoms. The number of pyridine rings is 1. The highest BCUT2D eigenvalue weighted by Crippen LogP contribution is 2.29. The molecule has 102 valence electrons. The van der Waals surface area contributed by atoms with Gasteiger partial charge in [0.1, 0.15) is 0 Å². The van der Waals surface area contributed by atoms with Crippen molar-refractivity contribution in [2.75, 3.05) is 11.9 Å². The number of nitrogens with one attached hydrogen (secondary N) is 1. The molecule has 1 unspecified atom stereocenters. The molecule has 2 aromatic heterocycles. The summed E-state index contributed by atoms with van der Waals surface area (Å²) in [6.45, 7) is 4.99. The van der Waals surface area contributed by atoms with E-state index in [2.05, 4.69) is 41.7 Å². The summed E-state index contributed by atoms with van der Waals surface area (Å²) in [5, 5.41) is 5.59. The van der Waals surface area contributed by atoms with Gasteiger partial charge in [-0.1, -0.05) is 19.9 Å². The summed E-state index contributed by atoms with van der Waals surface area (Å²) in [4.78, 5) is 5.73. The minimum Gasteiger partial charge on any atom is -0.490 e. The number of hydrogen-bond acceptors (Lipinski definition) is 4. The van der Waals surface area contributed by atoms with Crippen LogP contribution in [0.25, 0.3) is 0 Å². The number of aromatic nitrogens is 1. The lowest BCUT2D eigenvalue weighted by atomic mass is 10.2. The van der Waals surface area contributed by atoms with Crippen molar-refractivity contribution in [3.8, 4) is 5.75 Å². The maximum Gasteiger partial charge on any atom is 0.169 e. The van der Waals surface area contributed by atoms with Crippen LogP contribution in [0.5, 0.6) is 5.75 Å². The van der Waals surface area contributed by atoms with Gasteiger partial charge in [0.15, 0.2) is 11.6 Å². The molecule has 2 rings (SSSR count). The highest BCUT2D eigenvalue weighted by atomic mass is 32.1. The zero-order chi connectivity index (χ0) is 13.5. The summed E-state index contributed by atoms with van der Waals surface area (Å²) in [6.07, 6.45) is 3.81. The van der Waals surface area contributed by atoms with Crippen LogP contribution in [0.1, 0.15) is 37.6 Å². The second kappa shape index (κ2) is 7.14. The molecule has 2 heterocycles. The predicted molar refractivity (Wildman–Crippen MR) is 81.0 cm³/mol. The van der Waals surface area contributed by atoms with Crippen LogP contribution in [0.4, 0.5) is 5.82 Å². The van der Waals surface area contributed by atoms with Crippen molar-refractivity contribution in [1.29, 1.82) is 0 Å². The molecular formula is C15H20N2OS. The van der Waals surface area contributed by atoms with E-state index in [1.807, 2.05) is 12.1 Å². The fourth-order valence-electron chi connectivity index (χ4n) is 1.86. The molecule has 0 aliphatic carbocycles. The standard InChI is InChI=1S/C15H20N2OS/c1-3-10-18-13-7-5-9-16-15(13)17-12(4-2)14-8-6-11-19-14/h5-9,11-12H,3-4,10H2,1-2H3,(H,16,17). The average Bonchev–Trinajstić information content (AvgIpc) is 2.97. The molecule has 4 heteroatoms. The van der Waals surface area contributed by atoms with Crippen LogP contribution in [-0.4, -0.2) is 11.6 Å². The summed E-state index contributed by atoms with van der Waals surface area (Å²) in [6, 6.07) is 8.39. The molecule has 0 aliphatic heterocycles. The Bertz CT molecular complexity index is 485. The van der Waals surface area contributed by atoms with Gasteiger partial charge >= 0.3 is 0 Å². The van der Waals surface area contributed by atoms with Crippen molar-refractivity contribution in [3.63, 3.8) is 0 Å². The largest absolute Gasteiger partial charge is 0.490 e. The Morgan fingerprint density at radius 1 is 1.32 bits per heavy atom. The van der Waals surface area contributed by atoms with Crippen molar-refractivity contribution in [3.05, 3.63) is 40.7 Å². The summed E-state index contributed by atoms with van der Waals surface area (Å²) in [5.41, 5.74) is 0. The van der Waals surface area contributed by atoms with E-state index < -0.39 is 0 Å². The Balaban J connectivity index is 2.13. The predicted octanol–water partition coefficient (Wildman–Crippen LogP) is 4.50. The van der Waals surface area contributed by atoms with Gasteiger partial charge in [-0.05, 0) is 36.4 Å². The van der Waals surface area contributed by atoms with E-state index in [4.69, 9.17) is 4.74 Å². The van der Waals surface area contributed by atoms with E-state index in [0.29, 0.717) is 6.04 Å². The first-order valence-corrected chi connectivity index (χ1v) is 7.60. The number of anilines is 1. The molecule has 0 amide bonds. The van der Waals surface area contributed by atoms with Crippen LogP contribution >= 0.6 is 11.3 Å². The number of ether oxygens (including phenoxy) is 1. The number of nitrogens with zero attached hydrogens (tertiary/aromatic N) is 1. The first kappa shape index (κ1) is 13.9. The SMILES string of the molecule is CCCOc1cccnc1NC(CC)c1cccs1. The van der Waals surface area contributed by atoms with E-state index in [1.54, 1.807) is 17.5 Å². The molecule has 0 aliphatic rings. The molecular weight excluding hydrogens is 256 g/mol. The Morgan fingerprint density at radius 2 is 2.21 bits per heavy atom. The van der Waals surface area contributed by atoms with Crippen LogP contribution in [0, 0.1) is 0 Å². The Labute approximate surface area is 118 Å². The monoisotopic (exact) mass is 276 g/mol. The van der Waals surface area contributed by atoms with Crippen molar-refractivity contribution >= 4 is 17.2 Å². The van der Waals surface area contributed by atoms with Crippen molar-refractivity contribution in [2.45, 2.75) is 32.7 Å². The van der Waals surface area contributed by atoms with Crippen molar-refractivity contribution in [1.82, 2.24) is 4.98 Å². The zero-order valence-corrected chi connectivity index (χ0v) is 12.2. The molecule has 0 fully saturated rings. The number of hydrogen-bond donors (Lipinski definition) is 1. The second-order valence-corrected chi connectivity index (χ2v) is 5.30. The van der Waals surface area contributed by atoms with E-state index in [9.17, 15) is 0 Å². The summed E-state index contributed by atoms with van der Waals surface area (Å²) in [7, 11) is 0. The maximum absolute atomic E-state index is 5.73. The Kier molecular flexibility index (Phi) is 5.21. The van der Waals surface area contributed by atoms with Crippen LogP contribution in [0.2, 0.25) is 0 Å². The molecule has 2 aromatic rings. The fourth-order valence-corrected chi connectivity index (χ4v) is 2.72. The molecule has 19 heavy (non-hydrogen) atoms. The van der Waals surface area contributed by atoms with Gasteiger partial charge in [-0.2, -0.15) is 0 Å². The molecule has 0 spiro atoms. The van der Waals surface area contributed by atoms with Crippen LogP contribution < -0.4 is 10.1 Å². The van der Waals surface area contributed by atoms with Crippen LogP contribution in [-0.2, 0) is 0 Å². The fraction of sp³-hybridized carbons (Fsp3) is 0.400. The third-order valence-corrected chi connectivity index (χ3v) is 3.82. The van der Waals surface area contributed by atoms with Gasteiger partial charge in [0.2, 0.25) is 0 Å². The average molecular weight is 276 g/mol. The second-order valence-electron chi connectivity index (χ2n) is 4.32. The molecule has 0 aromatic carbocycles. The Morgan fingerprint density at radius 3 is 2.89 bits per heavy atom. The lowest BCUT2D eigenvalue weighted by Crippen LogP contribution is -2.11. The lowest BCUT2D eigenvalue weighted by Gasteiger charge is -2.18. The van der Waals surface area contributed by atoms with E-state index >= 15 is 0 Å². The van der Waals surface area contributed by atoms with E-state index in [-0.39, 0.29) is 0 Å². The Hall–Kier alpha value is -1.55. The van der Waals surface area contributed by atoms with Gasteiger partial charge < -0.3 is 10.1 Å².